The van der Waals surface area contributed by atoms with Gasteiger partial charge in [-0.25, -0.2) is 4.79 Å². The Morgan fingerprint density at radius 3 is 2.10 bits per heavy atom. The molecule has 0 aliphatic heterocycles. The normalized spacial score (nSPS) is 10.5. The summed E-state index contributed by atoms with van der Waals surface area (Å²) >= 11 is 0. The summed E-state index contributed by atoms with van der Waals surface area (Å²) in [5, 5.41) is 2.78. The molecule has 0 unspecified atom stereocenters. The van der Waals surface area contributed by atoms with Crippen molar-refractivity contribution in [2.24, 2.45) is 0 Å². The minimum atomic E-state index is -0.423. The van der Waals surface area contributed by atoms with Gasteiger partial charge in [-0.3, -0.25) is 5.32 Å². The van der Waals surface area contributed by atoms with Crippen molar-refractivity contribution in [3.63, 3.8) is 0 Å². The molecule has 0 heterocycles. The van der Waals surface area contributed by atoms with Crippen LogP contribution in [0.2, 0.25) is 0 Å². The molecule has 112 valence electrons. The second kappa shape index (κ2) is 7.78. The third-order valence-corrected chi connectivity index (χ3v) is 2.88. The predicted molar refractivity (Wildman–Crippen MR) is 81.6 cm³/mol. The number of ether oxygens (including phenoxy) is 2. The van der Waals surface area contributed by atoms with E-state index >= 15 is 0 Å². The highest BCUT2D eigenvalue weighted by atomic mass is 16.6. The summed E-state index contributed by atoms with van der Waals surface area (Å²) in [6.07, 6.45) is 1.16. The first kappa shape index (κ1) is 16.3. The molecule has 1 aromatic carbocycles. The van der Waals surface area contributed by atoms with E-state index in [1.807, 2.05) is 32.9 Å². The molecular weight excluding hydrogens is 254 g/mol. The van der Waals surface area contributed by atoms with Gasteiger partial charge in [-0.1, -0.05) is 13.8 Å². The lowest BCUT2D eigenvalue weighted by molar-refractivity contribution is 0.130. The second-order valence-electron chi connectivity index (χ2n) is 4.84. The number of benzene rings is 1. The van der Waals surface area contributed by atoms with Gasteiger partial charge in [0, 0.05) is 5.69 Å². The highest BCUT2D eigenvalue weighted by Gasteiger charge is 2.12. The smallest absolute Gasteiger partial charge is 0.411 e. The van der Waals surface area contributed by atoms with Gasteiger partial charge in [0.1, 0.15) is 5.75 Å². The standard InChI is InChI=1S/C16H25NO3/c1-6-12-9-14(17-16(18)20-11(4)5)10-13(7-2)15(12)19-8-3/h9-11H,6-8H2,1-5H3,(H,17,18). The maximum absolute atomic E-state index is 11.7. The van der Waals surface area contributed by atoms with Crippen molar-refractivity contribution in [1.82, 2.24) is 0 Å². The molecule has 0 aliphatic carbocycles. The molecule has 0 spiro atoms. The number of carbonyl (C=O) groups is 1. The number of aryl methyl sites for hydroxylation is 2. The monoisotopic (exact) mass is 279 g/mol. The first-order valence-corrected chi connectivity index (χ1v) is 7.27. The minimum absolute atomic E-state index is 0.131. The molecule has 1 N–H and O–H groups in total. The van der Waals surface area contributed by atoms with Gasteiger partial charge in [-0.05, 0) is 56.9 Å². The van der Waals surface area contributed by atoms with E-state index in [1.165, 1.54) is 0 Å². The van der Waals surface area contributed by atoms with Crippen LogP contribution in [-0.2, 0) is 17.6 Å². The molecular formula is C16H25NO3. The van der Waals surface area contributed by atoms with E-state index in [0.29, 0.717) is 6.61 Å². The van der Waals surface area contributed by atoms with Crippen LogP contribution in [0, 0.1) is 0 Å². The van der Waals surface area contributed by atoms with E-state index in [9.17, 15) is 4.79 Å². The van der Waals surface area contributed by atoms with Gasteiger partial charge in [0.05, 0.1) is 12.7 Å². The molecule has 0 bridgehead atoms. The Bertz CT molecular complexity index is 430. The summed E-state index contributed by atoms with van der Waals surface area (Å²) in [6.45, 7) is 10.4. The van der Waals surface area contributed by atoms with Crippen molar-refractivity contribution in [3.05, 3.63) is 23.3 Å². The zero-order valence-corrected chi connectivity index (χ0v) is 13.1. The summed E-state index contributed by atoms with van der Waals surface area (Å²) in [6, 6.07) is 3.90. The SMILES string of the molecule is CCOc1c(CC)cc(NC(=O)OC(C)C)cc1CC. The summed E-state index contributed by atoms with van der Waals surface area (Å²) in [5.41, 5.74) is 2.96. The van der Waals surface area contributed by atoms with E-state index in [-0.39, 0.29) is 6.10 Å². The summed E-state index contributed by atoms with van der Waals surface area (Å²) in [7, 11) is 0. The van der Waals surface area contributed by atoms with Crippen molar-refractivity contribution in [3.8, 4) is 5.75 Å². The number of nitrogens with one attached hydrogen (secondary N) is 1. The van der Waals surface area contributed by atoms with E-state index in [2.05, 4.69) is 19.2 Å². The van der Waals surface area contributed by atoms with Gasteiger partial charge in [-0.15, -0.1) is 0 Å². The maximum Gasteiger partial charge on any atom is 0.411 e. The number of rotatable bonds is 6. The van der Waals surface area contributed by atoms with Crippen LogP contribution in [-0.4, -0.2) is 18.8 Å². The molecule has 0 aromatic heterocycles. The largest absolute Gasteiger partial charge is 0.493 e. The first-order valence-electron chi connectivity index (χ1n) is 7.27. The van der Waals surface area contributed by atoms with Gasteiger partial charge in [0.2, 0.25) is 0 Å². The molecule has 0 atom stereocenters. The van der Waals surface area contributed by atoms with Gasteiger partial charge < -0.3 is 9.47 Å². The molecule has 0 radical (unpaired) electrons. The van der Waals surface area contributed by atoms with Crippen LogP contribution in [0.4, 0.5) is 10.5 Å². The molecule has 4 heteroatoms. The van der Waals surface area contributed by atoms with Gasteiger partial charge in [-0.2, -0.15) is 0 Å². The molecule has 20 heavy (non-hydrogen) atoms. The average Bonchev–Trinajstić information content (AvgIpc) is 2.39. The van der Waals surface area contributed by atoms with Crippen molar-refractivity contribution in [1.29, 1.82) is 0 Å². The fraction of sp³-hybridized carbons (Fsp3) is 0.562. The maximum atomic E-state index is 11.7. The third kappa shape index (κ3) is 4.44. The number of carbonyl (C=O) groups excluding carboxylic acids is 1. The molecule has 1 rings (SSSR count). The van der Waals surface area contributed by atoms with Crippen LogP contribution in [0.5, 0.6) is 5.75 Å². The summed E-state index contributed by atoms with van der Waals surface area (Å²) in [5.74, 6) is 0.945. The number of hydrogen-bond donors (Lipinski definition) is 1. The fourth-order valence-corrected chi connectivity index (χ4v) is 2.04. The number of amides is 1. The third-order valence-electron chi connectivity index (χ3n) is 2.88. The van der Waals surface area contributed by atoms with Gasteiger partial charge >= 0.3 is 6.09 Å². The lowest BCUT2D eigenvalue weighted by Gasteiger charge is -2.16. The Labute approximate surface area is 121 Å². The Morgan fingerprint density at radius 1 is 1.15 bits per heavy atom. The highest BCUT2D eigenvalue weighted by Crippen LogP contribution is 2.29. The molecule has 0 fully saturated rings. The minimum Gasteiger partial charge on any atom is -0.493 e. The topological polar surface area (TPSA) is 47.6 Å². The molecule has 1 aromatic rings. The van der Waals surface area contributed by atoms with Crippen LogP contribution in [0.25, 0.3) is 0 Å². The zero-order valence-electron chi connectivity index (χ0n) is 13.1. The Balaban J connectivity index is 3.01. The molecule has 0 saturated carbocycles. The highest BCUT2D eigenvalue weighted by molar-refractivity contribution is 5.85. The average molecular weight is 279 g/mol. The van der Waals surface area contributed by atoms with E-state index < -0.39 is 6.09 Å². The van der Waals surface area contributed by atoms with Gasteiger partial charge in [0.25, 0.3) is 0 Å². The van der Waals surface area contributed by atoms with E-state index in [4.69, 9.17) is 9.47 Å². The fourth-order valence-electron chi connectivity index (χ4n) is 2.04. The van der Waals surface area contributed by atoms with Crippen LogP contribution in [0.1, 0.15) is 45.7 Å². The Kier molecular flexibility index (Phi) is 6.36. The first-order chi connectivity index (χ1) is 9.51. The molecule has 0 saturated heterocycles. The van der Waals surface area contributed by atoms with Crippen molar-refractivity contribution < 1.29 is 14.3 Å². The summed E-state index contributed by atoms with van der Waals surface area (Å²) in [4.78, 5) is 11.7. The Hall–Kier alpha value is -1.71. The van der Waals surface area contributed by atoms with Crippen molar-refractivity contribution >= 4 is 11.8 Å². The van der Waals surface area contributed by atoms with Crippen molar-refractivity contribution in [2.45, 2.75) is 53.6 Å². The predicted octanol–water partition coefficient (Wildman–Crippen LogP) is 4.17. The van der Waals surface area contributed by atoms with E-state index in [1.54, 1.807) is 0 Å². The molecule has 0 aliphatic rings. The Morgan fingerprint density at radius 2 is 1.70 bits per heavy atom. The zero-order chi connectivity index (χ0) is 15.1. The molecule has 4 nitrogen and oxygen atoms in total. The lowest BCUT2D eigenvalue weighted by Crippen LogP contribution is -2.18. The van der Waals surface area contributed by atoms with Gasteiger partial charge in [0.15, 0.2) is 0 Å². The van der Waals surface area contributed by atoms with Crippen LogP contribution >= 0.6 is 0 Å². The number of anilines is 1. The quantitative estimate of drug-likeness (QED) is 0.850. The summed E-state index contributed by atoms with van der Waals surface area (Å²) < 4.78 is 10.8. The van der Waals surface area contributed by atoms with Crippen LogP contribution in [0.3, 0.4) is 0 Å². The lowest BCUT2D eigenvalue weighted by atomic mass is 10.0. The van der Waals surface area contributed by atoms with Crippen LogP contribution in [0.15, 0.2) is 12.1 Å². The molecule has 1 amide bonds. The second-order valence-corrected chi connectivity index (χ2v) is 4.84. The van der Waals surface area contributed by atoms with Crippen LogP contribution < -0.4 is 10.1 Å². The number of hydrogen-bond acceptors (Lipinski definition) is 3. The van der Waals surface area contributed by atoms with Crippen molar-refractivity contribution in [2.75, 3.05) is 11.9 Å². The van der Waals surface area contributed by atoms with E-state index in [0.717, 1.165) is 35.4 Å².